The average Bonchev–Trinajstić information content (AvgIpc) is 2.98. The third kappa shape index (κ3) is 3.46. The Morgan fingerprint density at radius 2 is 1.78 bits per heavy atom. The Hall–Kier alpha value is -2.12. The molecule has 0 amide bonds. The van der Waals surface area contributed by atoms with Crippen molar-refractivity contribution < 1.29 is 9.90 Å². The van der Waals surface area contributed by atoms with Crippen LogP contribution in [0.2, 0.25) is 0 Å². The van der Waals surface area contributed by atoms with Gasteiger partial charge in [-0.2, -0.15) is 0 Å². The predicted octanol–water partition coefficient (Wildman–Crippen LogP) is 3.87. The van der Waals surface area contributed by atoms with E-state index in [1.165, 1.54) is 0 Å². The van der Waals surface area contributed by atoms with Crippen molar-refractivity contribution in [3.8, 4) is 17.1 Å². The van der Waals surface area contributed by atoms with Crippen LogP contribution in [-0.2, 0) is 4.79 Å². The number of hydrogen-bond donors (Lipinski definition) is 1. The normalized spacial score (nSPS) is 10.7. The van der Waals surface area contributed by atoms with Crippen molar-refractivity contribution in [3.05, 3.63) is 59.1 Å². The first-order valence-electron chi connectivity index (χ1n) is 6.77. The molecule has 7 heteroatoms. The number of halogens is 1. The summed E-state index contributed by atoms with van der Waals surface area (Å²) in [5.74, 6) is -0.294. The molecule has 0 unspecified atom stereocenters. The van der Waals surface area contributed by atoms with E-state index in [0.717, 1.165) is 27.5 Å². The standard InChI is InChI=1S/C16H12BrN3O2S/c17-13-9-5-4-8-12(13)15-18-19-16(23-10-14(21)22)20(15)11-6-2-1-3-7-11/h1-9H,10H2,(H,21,22). The summed E-state index contributed by atoms with van der Waals surface area (Å²) in [6.45, 7) is 0. The zero-order valence-electron chi connectivity index (χ0n) is 11.9. The zero-order valence-corrected chi connectivity index (χ0v) is 14.3. The van der Waals surface area contributed by atoms with Crippen molar-refractivity contribution in [3.63, 3.8) is 0 Å². The maximum Gasteiger partial charge on any atom is 0.313 e. The van der Waals surface area contributed by atoms with Crippen LogP contribution in [0.25, 0.3) is 17.1 Å². The number of carbonyl (C=O) groups is 1. The Kier molecular flexibility index (Phi) is 4.78. The van der Waals surface area contributed by atoms with Crippen LogP contribution in [0.3, 0.4) is 0 Å². The van der Waals surface area contributed by atoms with Crippen molar-refractivity contribution in [2.45, 2.75) is 5.16 Å². The minimum absolute atomic E-state index is 0.0685. The van der Waals surface area contributed by atoms with E-state index in [9.17, 15) is 4.79 Å². The van der Waals surface area contributed by atoms with Crippen molar-refractivity contribution in [1.29, 1.82) is 0 Å². The lowest BCUT2D eigenvalue weighted by molar-refractivity contribution is -0.133. The molecular weight excluding hydrogens is 378 g/mol. The van der Waals surface area contributed by atoms with Gasteiger partial charge in [0.05, 0.1) is 5.75 Å². The molecule has 3 rings (SSSR count). The van der Waals surface area contributed by atoms with Crippen LogP contribution in [-0.4, -0.2) is 31.6 Å². The van der Waals surface area contributed by atoms with Crippen LogP contribution >= 0.6 is 27.7 Å². The zero-order chi connectivity index (χ0) is 16.2. The quantitative estimate of drug-likeness (QED) is 0.670. The highest BCUT2D eigenvalue weighted by Gasteiger charge is 2.18. The van der Waals surface area contributed by atoms with E-state index in [1.54, 1.807) is 0 Å². The summed E-state index contributed by atoms with van der Waals surface area (Å²) in [5, 5.41) is 17.9. The van der Waals surface area contributed by atoms with Crippen LogP contribution in [0.4, 0.5) is 0 Å². The molecule has 0 bridgehead atoms. The number of aromatic nitrogens is 3. The third-order valence-electron chi connectivity index (χ3n) is 3.09. The molecule has 0 aliphatic rings. The summed E-state index contributed by atoms with van der Waals surface area (Å²) in [6.07, 6.45) is 0. The maximum atomic E-state index is 10.9. The Labute approximate surface area is 145 Å². The molecule has 116 valence electrons. The highest BCUT2D eigenvalue weighted by atomic mass is 79.9. The molecule has 0 aliphatic carbocycles. The monoisotopic (exact) mass is 389 g/mol. The first-order chi connectivity index (χ1) is 11.2. The Balaban J connectivity index is 2.14. The molecule has 0 atom stereocenters. The number of carboxylic acids is 1. The van der Waals surface area contributed by atoms with Gasteiger partial charge in [-0.05, 0) is 18.2 Å². The molecule has 0 saturated carbocycles. The second kappa shape index (κ2) is 6.97. The minimum atomic E-state index is -0.889. The maximum absolute atomic E-state index is 10.9. The molecule has 0 saturated heterocycles. The number of benzene rings is 2. The molecule has 1 aromatic heterocycles. The lowest BCUT2D eigenvalue weighted by Gasteiger charge is -2.10. The number of thioether (sulfide) groups is 1. The summed E-state index contributed by atoms with van der Waals surface area (Å²) in [5.41, 5.74) is 1.78. The molecule has 5 nitrogen and oxygen atoms in total. The van der Waals surface area contributed by atoms with Crippen LogP contribution in [0.15, 0.2) is 64.2 Å². The van der Waals surface area contributed by atoms with Gasteiger partial charge in [0.15, 0.2) is 11.0 Å². The predicted molar refractivity (Wildman–Crippen MR) is 92.9 cm³/mol. The van der Waals surface area contributed by atoms with Crippen LogP contribution in [0.1, 0.15) is 0 Å². The van der Waals surface area contributed by atoms with Gasteiger partial charge in [0, 0.05) is 15.7 Å². The molecule has 0 spiro atoms. The average molecular weight is 390 g/mol. The van der Waals surface area contributed by atoms with Gasteiger partial charge in [0.2, 0.25) is 0 Å². The van der Waals surface area contributed by atoms with Gasteiger partial charge in [-0.25, -0.2) is 0 Å². The first kappa shape index (κ1) is 15.8. The summed E-state index contributed by atoms with van der Waals surface area (Å²) in [4.78, 5) is 10.9. The van der Waals surface area contributed by atoms with Crippen molar-refractivity contribution in [1.82, 2.24) is 14.8 Å². The summed E-state index contributed by atoms with van der Waals surface area (Å²) in [6, 6.07) is 17.4. The fourth-order valence-corrected chi connectivity index (χ4v) is 3.25. The topological polar surface area (TPSA) is 68.0 Å². The molecule has 0 fully saturated rings. The summed E-state index contributed by atoms with van der Waals surface area (Å²) < 4.78 is 2.77. The summed E-state index contributed by atoms with van der Waals surface area (Å²) in [7, 11) is 0. The van der Waals surface area contributed by atoms with Gasteiger partial charge < -0.3 is 5.11 Å². The van der Waals surface area contributed by atoms with Crippen molar-refractivity contribution >= 4 is 33.7 Å². The van der Waals surface area contributed by atoms with E-state index in [0.29, 0.717) is 11.0 Å². The lowest BCUT2D eigenvalue weighted by Crippen LogP contribution is -2.03. The molecule has 0 aliphatic heterocycles. The highest BCUT2D eigenvalue weighted by Crippen LogP contribution is 2.31. The number of carboxylic acid groups (broad SMARTS) is 1. The fourth-order valence-electron chi connectivity index (χ4n) is 2.12. The van der Waals surface area contributed by atoms with Gasteiger partial charge in [0.1, 0.15) is 0 Å². The molecule has 3 aromatic rings. The number of aliphatic carboxylic acids is 1. The van der Waals surface area contributed by atoms with Gasteiger partial charge in [-0.3, -0.25) is 9.36 Å². The highest BCUT2D eigenvalue weighted by molar-refractivity contribution is 9.10. The van der Waals surface area contributed by atoms with E-state index in [1.807, 2.05) is 59.2 Å². The van der Waals surface area contributed by atoms with Crippen molar-refractivity contribution in [2.24, 2.45) is 0 Å². The SMILES string of the molecule is O=C(O)CSc1nnc(-c2ccccc2Br)n1-c1ccccc1. The number of rotatable bonds is 5. The van der Waals surface area contributed by atoms with Gasteiger partial charge >= 0.3 is 5.97 Å². The Bertz CT molecular complexity index is 836. The smallest absolute Gasteiger partial charge is 0.313 e. The van der Waals surface area contributed by atoms with Gasteiger partial charge in [0.25, 0.3) is 0 Å². The van der Waals surface area contributed by atoms with Crippen LogP contribution < -0.4 is 0 Å². The van der Waals surface area contributed by atoms with Crippen molar-refractivity contribution in [2.75, 3.05) is 5.75 Å². The third-order valence-corrected chi connectivity index (χ3v) is 4.69. The number of para-hydroxylation sites is 1. The molecule has 2 aromatic carbocycles. The minimum Gasteiger partial charge on any atom is -0.481 e. The molecule has 0 radical (unpaired) electrons. The van der Waals surface area contributed by atoms with Gasteiger partial charge in [-0.1, -0.05) is 64.1 Å². The fraction of sp³-hybridized carbons (Fsp3) is 0.0625. The molecule has 1 heterocycles. The van der Waals surface area contributed by atoms with E-state index >= 15 is 0 Å². The lowest BCUT2D eigenvalue weighted by atomic mass is 10.2. The second-order valence-corrected chi connectivity index (χ2v) is 6.44. The Morgan fingerprint density at radius 1 is 1.09 bits per heavy atom. The molecular formula is C16H12BrN3O2S. The van der Waals surface area contributed by atoms with Crippen LogP contribution in [0.5, 0.6) is 0 Å². The summed E-state index contributed by atoms with van der Waals surface area (Å²) >= 11 is 4.68. The Morgan fingerprint density at radius 3 is 2.48 bits per heavy atom. The van der Waals surface area contributed by atoms with Gasteiger partial charge in [-0.15, -0.1) is 10.2 Å². The largest absolute Gasteiger partial charge is 0.481 e. The molecule has 23 heavy (non-hydrogen) atoms. The second-order valence-electron chi connectivity index (χ2n) is 4.64. The van der Waals surface area contributed by atoms with E-state index in [2.05, 4.69) is 26.1 Å². The first-order valence-corrected chi connectivity index (χ1v) is 8.55. The van der Waals surface area contributed by atoms with E-state index < -0.39 is 5.97 Å². The van der Waals surface area contributed by atoms with E-state index in [4.69, 9.17) is 5.11 Å². The number of nitrogens with zero attached hydrogens (tertiary/aromatic N) is 3. The van der Waals surface area contributed by atoms with E-state index in [-0.39, 0.29) is 5.75 Å². The number of hydrogen-bond acceptors (Lipinski definition) is 4. The van der Waals surface area contributed by atoms with Crippen LogP contribution in [0, 0.1) is 0 Å². The molecule has 1 N–H and O–H groups in total.